The molecule has 0 spiro atoms. The summed E-state index contributed by atoms with van der Waals surface area (Å²) < 4.78 is 26.6. The van der Waals surface area contributed by atoms with E-state index in [0.717, 1.165) is 0 Å². The summed E-state index contributed by atoms with van der Waals surface area (Å²) >= 11 is 5.76. The molecule has 1 N–H and O–H groups in total. The van der Waals surface area contributed by atoms with E-state index in [1.165, 1.54) is 30.5 Å². The average Bonchev–Trinajstić information content (AvgIpc) is 2.35. The molecule has 1 heterocycles. The van der Waals surface area contributed by atoms with Gasteiger partial charge in [-0.2, -0.15) is 0 Å². The van der Waals surface area contributed by atoms with Crippen LogP contribution in [0.5, 0.6) is 0 Å². The van der Waals surface area contributed by atoms with E-state index >= 15 is 0 Å². The van der Waals surface area contributed by atoms with Crippen LogP contribution in [0.15, 0.2) is 36.5 Å². The maximum atomic E-state index is 13.4. The molecule has 0 amide bonds. The number of hydrogen-bond acceptors (Lipinski definition) is 2. The van der Waals surface area contributed by atoms with E-state index in [-0.39, 0.29) is 17.1 Å². The molecule has 18 heavy (non-hydrogen) atoms. The van der Waals surface area contributed by atoms with Crippen LogP contribution in [0.2, 0.25) is 5.02 Å². The molecule has 94 valence electrons. The Hall–Kier alpha value is -1.52. The Bertz CT molecular complexity index is 562. The minimum absolute atomic E-state index is 0.00449. The molecule has 5 heteroatoms. The van der Waals surface area contributed by atoms with Gasteiger partial charge in [0.2, 0.25) is 0 Å². The monoisotopic (exact) mass is 269 g/mol. The fourth-order valence-corrected chi connectivity index (χ4v) is 1.86. The topological polar surface area (TPSA) is 33.1 Å². The highest BCUT2D eigenvalue weighted by atomic mass is 35.5. The van der Waals surface area contributed by atoms with Gasteiger partial charge in [-0.15, -0.1) is 0 Å². The maximum absolute atomic E-state index is 13.4. The van der Waals surface area contributed by atoms with Crippen molar-refractivity contribution in [2.24, 2.45) is 0 Å². The highest BCUT2D eigenvalue weighted by Gasteiger charge is 2.17. The van der Waals surface area contributed by atoms with Gasteiger partial charge in [0.05, 0.1) is 5.02 Å². The lowest BCUT2D eigenvalue weighted by Crippen LogP contribution is -2.07. The Kier molecular flexibility index (Phi) is 3.89. The molecule has 2 aromatic rings. The number of halogens is 3. The molecule has 1 unspecified atom stereocenters. The molecule has 0 saturated heterocycles. The lowest BCUT2D eigenvalue weighted by Gasteiger charge is -2.12. The predicted molar refractivity (Wildman–Crippen MR) is 64.3 cm³/mol. The second-order valence-corrected chi connectivity index (χ2v) is 4.18. The minimum atomic E-state index is -1.16. The van der Waals surface area contributed by atoms with Crippen LogP contribution < -0.4 is 0 Å². The first kappa shape index (κ1) is 12.9. The molecule has 0 radical (unpaired) electrons. The summed E-state index contributed by atoms with van der Waals surface area (Å²) in [6, 6.07) is 6.92. The lowest BCUT2D eigenvalue weighted by molar-refractivity contribution is 0.168. The predicted octanol–water partition coefficient (Wildman–Crippen LogP) is 3.29. The molecule has 1 aromatic carbocycles. The van der Waals surface area contributed by atoms with Crippen LogP contribution in [0.4, 0.5) is 8.78 Å². The molecule has 0 aliphatic carbocycles. The van der Waals surface area contributed by atoms with E-state index in [2.05, 4.69) is 4.98 Å². The van der Waals surface area contributed by atoms with Crippen molar-refractivity contribution in [1.29, 1.82) is 0 Å². The molecule has 1 atom stereocenters. The largest absolute Gasteiger partial charge is 0.386 e. The SMILES string of the molecule is OC(Cc1cccc(F)c1Cl)c1ncccc1F. The number of aliphatic hydroxyl groups is 1. The van der Waals surface area contributed by atoms with E-state index in [4.69, 9.17) is 11.6 Å². The lowest BCUT2D eigenvalue weighted by atomic mass is 10.0. The van der Waals surface area contributed by atoms with E-state index < -0.39 is 17.7 Å². The van der Waals surface area contributed by atoms with E-state index in [1.807, 2.05) is 0 Å². The summed E-state index contributed by atoms with van der Waals surface area (Å²) in [4.78, 5) is 3.76. The third-order valence-electron chi connectivity index (χ3n) is 2.55. The fourth-order valence-electron chi connectivity index (χ4n) is 1.65. The summed E-state index contributed by atoms with van der Waals surface area (Å²) in [7, 11) is 0. The first-order valence-corrected chi connectivity index (χ1v) is 5.68. The van der Waals surface area contributed by atoms with Crippen molar-refractivity contribution in [3.8, 4) is 0 Å². The standard InChI is InChI=1S/C13H10ClF2NO/c14-12-8(3-1-4-9(12)15)7-11(18)13-10(16)5-2-6-17-13/h1-6,11,18H,7H2. The summed E-state index contributed by atoms with van der Waals surface area (Å²) in [6.45, 7) is 0. The second-order valence-electron chi connectivity index (χ2n) is 3.80. The Morgan fingerprint density at radius 3 is 2.61 bits per heavy atom. The zero-order chi connectivity index (χ0) is 13.1. The number of rotatable bonds is 3. The van der Waals surface area contributed by atoms with Crippen LogP contribution in [0.25, 0.3) is 0 Å². The van der Waals surface area contributed by atoms with Crippen molar-refractivity contribution in [3.05, 3.63) is 64.4 Å². The Morgan fingerprint density at radius 1 is 1.17 bits per heavy atom. The third-order valence-corrected chi connectivity index (χ3v) is 2.97. The van der Waals surface area contributed by atoms with Crippen LogP contribution in [0.1, 0.15) is 17.4 Å². The van der Waals surface area contributed by atoms with Crippen LogP contribution in [-0.4, -0.2) is 10.1 Å². The average molecular weight is 270 g/mol. The van der Waals surface area contributed by atoms with Crippen molar-refractivity contribution < 1.29 is 13.9 Å². The summed E-state index contributed by atoms with van der Waals surface area (Å²) in [6.07, 6.45) is 0.227. The van der Waals surface area contributed by atoms with E-state index in [9.17, 15) is 13.9 Å². The highest BCUT2D eigenvalue weighted by molar-refractivity contribution is 6.31. The van der Waals surface area contributed by atoms with Crippen molar-refractivity contribution in [1.82, 2.24) is 4.98 Å². The number of aromatic nitrogens is 1. The molecule has 0 fully saturated rings. The fraction of sp³-hybridized carbons (Fsp3) is 0.154. The maximum Gasteiger partial charge on any atom is 0.147 e. The van der Waals surface area contributed by atoms with E-state index in [0.29, 0.717) is 5.56 Å². The van der Waals surface area contributed by atoms with Gasteiger partial charge in [-0.25, -0.2) is 8.78 Å². The summed E-state index contributed by atoms with van der Waals surface area (Å²) in [5, 5.41) is 9.82. The van der Waals surface area contributed by atoms with Crippen LogP contribution >= 0.6 is 11.6 Å². The van der Waals surface area contributed by atoms with E-state index in [1.54, 1.807) is 6.07 Å². The molecule has 0 aliphatic heterocycles. The van der Waals surface area contributed by atoms with Gasteiger partial charge in [-0.3, -0.25) is 4.98 Å². The molecular weight excluding hydrogens is 260 g/mol. The zero-order valence-electron chi connectivity index (χ0n) is 9.28. The van der Waals surface area contributed by atoms with Crippen molar-refractivity contribution in [3.63, 3.8) is 0 Å². The first-order chi connectivity index (χ1) is 8.59. The first-order valence-electron chi connectivity index (χ1n) is 5.31. The second kappa shape index (κ2) is 5.42. The normalized spacial score (nSPS) is 12.4. The van der Waals surface area contributed by atoms with Gasteiger partial charge in [0.15, 0.2) is 0 Å². The summed E-state index contributed by atoms with van der Waals surface area (Å²) in [5.74, 6) is -1.17. The van der Waals surface area contributed by atoms with Crippen molar-refractivity contribution in [2.75, 3.05) is 0 Å². The smallest absolute Gasteiger partial charge is 0.147 e. The minimum Gasteiger partial charge on any atom is -0.386 e. The van der Waals surface area contributed by atoms with Gasteiger partial charge in [0, 0.05) is 12.6 Å². The third kappa shape index (κ3) is 2.66. The number of nitrogens with zero attached hydrogens (tertiary/aromatic N) is 1. The quantitative estimate of drug-likeness (QED) is 0.927. The van der Waals surface area contributed by atoms with Crippen LogP contribution in [-0.2, 0) is 6.42 Å². The van der Waals surface area contributed by atoms with Gasteiger partial charge < -0.3 is 5.11 Å². The molecule has 0 saturated carbocycles. The zero-order valence-corrected chi connectivity index (χ0v) is 10.0. The van der Waals surface area contributed by atoms with Gasteiger partial charge in [0.25, 0.3) is 0 Å². The highest BCUT2D eigenvalue weighted by Crippen LogP contribution is 2.25. The van der Waals surface area contributed by atoms with Crippen LogP contribution in [0, 0.1) is 11.6 Å². The van der Waals surface area contributed by atoms with Gasteiger partial charge >= 0.3 is 0 Å². The Balaban J connectivity index is 2.24. The Labute approximate surface area is 108 Å². The number of hydrogen-bond donors (Lipinski definition) is 1. The number of aliphatic hydroxyl groups excluding tert-OH is 1. The molecule has 0 aliphatic rings. The molecule has 2 nitrogen and oxygen atoms in total. The molecule has 2 rings (SSSR count). The number of benzene rings is 1. The molecule has 0 bridgehead atoms. The van der Waals surface area contributed by atoms with Crippen LogP contribution in [0.3, 0.4) is 0 Å². The summed E-state index contributed by atoms with van der Waals surface area (Å²) in [5.41, 5.74) is 0.340. The van der Waals surface area contributed by atoms with Gasteiger partial charge in [-0.05, 0) is 23.8 Å². The van der Waals surface area contributed by atoms with Gasteiger partial charge in [-0.1, -0.05) is 23.7 Å². The number of pyridine rings is 1. The van der Waals surface area contributed by atoms with Gasteiger partial charge in [0.1, 0.15) is 23.4 Å². The van der Waals surface area contributed by atoms with Crippen molar-refractivity contribution >= 4 is 11.6 Å². The Morgan fingerprint density at radius 2 is 1.89 bits per heavy atom. The molecule has 1 aromatic heterocycles. The van der Waals surface area contributed by atoms with Crippen molar-refractivity contribution in [2.45, 2.75) is 12.5 Å². The molecular formula is C13H10ClF2NO.